The van der Waals surface area contributed by atoms with Crippen molar-refractivity contribution in [2.75, 3.05) is 0 Å². The quantitative estimate of drug-likeness (QED) is 0.683. The van der Waals surface area contributed by atoms with E-state index in [0.717, 1.165) is 5.56 Å². The molecule has 1 aliphatic heterocycles. The first kappa shape index (κ1) is 13.4. The lowest BCUT2D eigenvalue weighted by atomic mass is 10.2. The van der Waals surface area contributed by atoms with Crippen LogP contribution < -0.4 is 0 Å². The van der Waals surface area contributed by atoms with Crippen LogP contribution in [-0.2, 0) is 9.53 Å². The summed E-state index contributed by atoms with van der Waals surface area (Å²) in [6.45, 7) is 0. The zero-order chi connectivity index (χ0) is 14.8. The van der Waals surface area contributed by atoms with Crippen molar-refractivity contribution in [3.05, 3.63) is 70.4 Å². The van der Waals surface area contributed by atoms with Gasteiger partial charge in [0.25, 0.3) is 0 Å². The lowest BCUT2D eigenvalue weighted by molar-refractivity contribution is -0.129. The van der Waals surface area contributed by atoms with E-state index in [2.05, 4.69) is 4.99 Å². The molecule has 0 aliphatic carbocycles. The molecule has 3 rings (SSSR count). The standard InChI is InChI=1S/C16H10ClNO3/c17-12-3-1-2-11(9-12)15-18-14(16(20)21-15)8-10-4-6-13(19)7-5-10/h1-9,19H/b14-8-. The minimum Gasteiger partial charge on any atom is -0.508 e. The van der Waals surface area contributed by atoms with Gasteiger partial charge in [0, 0.05) is 10.6 Å². The Hall–Kier alpha value is -2.59. The number of nitrogens with zero attached hydrogens (tertiary/aromatic N) is 1. The summed E-state index contributed by atoms with van der Waals surface area (Å²) in [5, 5.41) is 9.78. The SMILES string of the molecule is O=C1OC(c2cccc(Cl)c2)=N/C1=C\c1ccc(O)cc1. The molecule has 0 saturated heterocycles. The molecule has 5 heteroatoms. The Bertz CT molecular complexity index is 763. The summed E-state index contributed by atoms with van der Waals surface area (Å²) in [6.07, 6.45) is 1.60. The molecule has 4 nitrogen and oxygen atoms in total. The second kappa shape index (κ2) is 5.42. The number of carbonyl (C=O) groups excluding carboxylic acids is 1. The smallest absolute Gasteiger partial charge is 0.363 e. The van der Waals surface area contributed by atoms with Gasteiger partial charge in [0.05, 0.1) is 0 Å². The summed E-state index contributed by atoms with van der Waals surface area (Å²) in [7, 11) is 0. The highest BCUT2D eigenvalue weighted by Gasteiger charge is 2.24. The summed E-state index contributed by atoms with van der Waals surface area (Å²) in [4.78, 5) is 16.0. The first-order chi connectivity index (χ1) is 10.1. The number of benzene rings is 2. The molecule has 0 spiro atoms. The van der Waals surface area contributed by atoms with Crippen LogP contribution in [0.3, 0.4) is 0 Å². The summed E-state index contributed by atoms with van der Waals surface area (Å²) in [5.41, 5.74) is 1.59. The molecule has 0 atom stereocenters. The van der Waals surface area contributed by atoms with Gasteiger partial charge >= 0.3 is 5.97 Å². The van der Waals surface area contributed by atoms with Gasteiger partial charge in [-0.05, 0) is 42.0 Å². The van der Waals surface area contributed by atoms with Crippen molar-refractivity contribution < 1.29 is 14.6 Å². The third-order valence-electron chi connectivity index (χ3n) is 2.89. The van der Waals surface area contributed by atoms with Gasteiger partial charge in [0.15, 0.2) is 5.70 Å². The molecule has 1 aliphatic rings. The van der Waals surface area contributed by atoms with Crippen molar-refractivity contribution in [2.45, 2.75) is 0 Å². The maximum atomic E-state index is 11.8. The molecule has 0 aromatic heterocycles. The number of hydrogen-bond acceptors (Lipinski definition) is 4. The highest BCUT2D eigenvalue weighted by atomic mass is 35.5. The maximum Gasteiger partial charge on any atom is 0.363 e. The Morgan fingerprint density at radius 3 is 2.62 bits per heavy atom. The van der Waals surface area contributed by atoms with Crippen LogP contribution in [0.25, 0.3) is 6.08 Å². The Morgan fingerprint density at radius 2 is 1.90 bits per heavy atom. The van der Waals surface area contributed by atoms with E-state index in [1.165, 1.54) is 12.1 Å². The van der Waals surface area contributed by atoms with Crippen molar-refractivity contribution in [1.29, 1.82) is 0 Å². The second-order valence-electron chi connectivity index (χ2n) is 4.44. The topological polar surface area (TPSA) is 58.9 Å². The summed E-state index contributed by atoms with van der Waals surface area (Å²) in [6, 6.07) is 13.4. The Labute approximate surface area is 126 Å². The number of rotatable bonds is 2. The van der Waals surface area contributed by atoms with E-state index >= 15 is 0 Å². The Kier molecular flexibility index (Phi) is 3.46. The van der Waals surface area contributed by atoms with Gasteiger partial charge in [-0.1, -0.05) is 29.8 Å². The molecule has 1 heterocycles. The van der Waals surface area contributed by atoms with Gasteiger partial charge in [0.2, 0.25) is 5.90 Å². The molecule has 0 bridgehead atoms. The largest absolute Gasteiger partial charge is 0.508 e. The summed E-state index contributed by atoms with van der Waals surface area (Å²) in [5.74, 6) is -0.125. The van der Waals surface area contributed by atoms with E-state index in [9.17, 15) is 9.90 Å². The van der Waals surface area contributed by atoms with Crippen molar-refractivity contribution in [2.24, 2.45) is 4.99 Å². The summed E-state index contributed by atoms with van der Waals surface area (Å²) < 4.78 is 5.15. The van der Waals surface area contributed by atoms with Gasteiger partial charge in [-0.3, -0.25) is 0 Å². The molecular formula is C16H10ClNO3. The molecule has 0 saturated carbocycles. The molecule has 0 radical (unpaired) electrons. The van der Waals surface area contributed by atoms with Crippen LogP contribution in [-0.4, -0.2) is 17.0 Å². The van der Waals surface area contributed by atoms with Crippen molar-refractivity contribution >= 4 is 29.5 Å². The zero-order valence-corrected chi connectivity index (χ0v) is 11.5. The number of esters is 1. The van der Waals surface area contributed by atoms with Gasteiger partial charge in [0.1, 0.15) is 5.75 Å². The Morgan fingerprint density at radius 1 is 1.14 bits per heavy atom. The monoisotopic (exact) mass is 299 g/mol. The third kappa shape index (κ3) is 2.95. The number of phenols is 1. The zero-order valence-electron chi connectivity index (χ0n) is 10.8. The number of aromatic hydroxyl groups is 1. The minimum absolute atomic E-state index is 0.161. The van der Waals surface area contributed by atoms with Gasteiger partial charge in [-0.2, -0.15) is 0 Å². The van der Waals surface area contributed by atoms with E-state index in [1.54, 1.807) is 42.5 Å². The second-order valence-corrected chi connectivity index (χ2v) is 4.87. The first-order valence-corrected chi connectivity index (χ1v) is 6.57. The van der Waals surface area contributed by atoms with Gasteiger partial charge in [-0.25, -0.2) is 9.79 Å². The molecule has 21 heavy (non-hydrogen) atoms. The average molecular weight is 300 g/mol. The normalized spacial score (nSPS) is 16.0. The van der Waals surface area contributed by atoms with Crippen molar-refractivity contribution in [3.8, 4) is 5.75 Å². The van der Waals surface area contributed by atoms with E-state index < -0.39 is 5.97 Å². The predicted octanol–water partition coefficient (Wildman–Crippen LogP) is 3.39. The minimum atomic E-state index is -0.516. The molecule has 0 unspecified atom stereocenters. The van der Waals surface area contributed by atoms with Crippen LogP contribution in [0, 0.1) is 0 Å². The van der Waals surface area contributed by atoms with E-state index in [4.69, 9.17) is 16.3 Å². The van der Waals surface area contributed by atoms with Crippen LogP contribution in [0.1, 0.15) is 11.1 Å². The highest BCUT2D eigenvalue weighted by Crippen LogP contribution is 2.21. The molecule has 1 N–H and O–H groups in total. The van der Waals surface area contributed by atoms with Crippen LogP contribution in [0.5, 0.6) is 5.75 Å². The predicted molar refractivity (Wildman–Crippen MR) is 80.2 cm³/mol. The lowest BCUT2D eigenvalue weighted by Gasteiger charge is -1.98. The number of phenolic OH excluding ortho intramolecular Hbond substituents is 1. The fourth-order valence-corrected chi connectivity index (χ4v) is 2.07. The number of halogens is 1. The van der Waals surface area contributed by atoms with Crippen LogP contribution >= 0.6 is 11.6 Å². The molecule has 0 fully saturated rings. The lowest BCUT2D eigenvalue weighted by Crippen LogP contribution is -2.05. The van der Waals surface area contributed by atoms with Crippen LogP contribution in [0.15, 0.2) is 59.2 Å². The van der Waals surface area contributed by atoms with Crippen molar-refractivity contribution in [3.63, 3.8) is 0 Å². The van der Waals surface area contributed by atoms with E-state index in [1.807, 2.05) is 0 Å². The van der Waals surface area contributed by atoms with E-state index in [-0.39, 0.29) is 17.3 Å². The molecule has 104 valence electrons. The molecule has 2 aromatic rings. The van der Waals surface area contributed by atoms with Crippen LogP contribution in [0.2, 0.25) is 5.02 Å². The summed E-state index contributed by atoms with van der Waals surface area (Å²) >= 11 is 5.91. The number of hydrogen-bond donors (Lipinski definition) is 1. The highest BCUT2D eigenvalue weighted by molar-refractivity contribution is 6.31. The van der Waals surface area contributed by atoms with Crippen molar-refractivity contribution in [1.82, 2.24) is 0 Å². The number of ether oxygens (including phenoxy) is 1. The molecule has 2 aromatic carbocycles. The number of aliphatic imine (C=N–C) groups is 1. The van der Waals surface area contributed by atoms with Crippen LogP contribution in [0.4, 0.5) is 0 Å². The fourth-order valence-electron chi connectivity index (χ4n) is 1.88. The first-order valence-electron chi connectivity index (χ1n) is 6.19. The average Bonchev–Trinajstić information content (AvgIpc) is 2.83. The fraction of sp³-hybridized carbons (Fsp3) is 0. The number of carbonyl (C=O) groups is 1. The third-order valence-corrected chi connectivity index (χ3v) is 3.12. The maximum absolute atomic E-state index is 11.8. The van der Waals surface area contributed by atoms with Gasteiger partial charge in [-0.15, -0.1) is 0 Å². The molecular weight excluding hydrogens is 290 g/mol. The Balaban J connectivity index is 1.93. The van der Waals surface area contributed by atoms with Gasteiger partial charge < -0.3 is 9.84 Å². The number of cyclic esters (lactones) is 1. The molecule has 0 amide bonds. The van der Waals surface area contributed by atoms with E-state index in [0.29, 0.717) is 10.6 Å².